The normalized spacial score (nSPS) is 21.1. The maximum Gasteiger partial charge on any atom is 0.253 e. The Morgan fingerprint density at radius 2 is 2.04 bits per heavy atom. The molecule has 0 aliphatic carbocycles. The van der Waals surface area contributed by atoms with Crippen molar-refractivity contribution in [2.75, 3.05) is 23.6 Å². The van der Waals surface area contributed by atoms with Crippen LogP contribution in [-0.4, -0.2) is 39.2 Å². The number of hydrogen-bond donors (Lipinski definition) is 3. The fourth-order valence-electron chi connectivity index (χ4n) is 2.48. The zero-order chi connectivity index (χ0) is 16.2. The van der Waals surface area contributed by atoms with E-state index in [9.17, 15) is 13.2 Å². The third-order valence-corrected chi connectivity index (χ3v) is 5.21. The minimum atomic E-state index is -3.41. The zero-order valence-corrected chi connectivity index (χ0v) is 15.0. The second-order valence-corrected chi connectivity index (χ2v) is 7.61. The van der Waals surface area contributed by atoms with Gasteiger partial charge in [-0.15, -0.1) is 12.4 Å². The van der Waals surface area contributed by atoms with Gasteiger partial charge in [0.05, 0.1) is 17.0 Å². The van der Waals surface area contributed by atoms with Crippen LogP contribution in [0.5, 0.6) is 0 Å². The number of anilines is 1. The van der Waals surface area contributed by atoms with E-state index in [0.29, 0.717) is 17.2 Å². The predicted octanol–water partition coefficient (Wildman–Crippen LogP) is 1.60. The molecule has 0 saturated carbocycles. The summed E-state index contributed by atoms with van der Waals surface area (Å²) in [7, 11) is -3.41. The molecule has 2 atom stereocenters. The first-order chi connectivity index (χ1) is 10.4. The van der Waals surface area contributed by atoms with Crippen LogP contribution in [0.1, 0.15) is 30.6 Å². The zero-order valence-electron chi connectivity index (χ0n) is 13.3. The Morgan fingerprint density at radius 3 is 2.70 bits per heavy atom. The molecule has 0 radical (unpaired) electrons. The molecule has 1 amide bonds. The molecule has 1 aliphatic rings. The molecule has 1 aliphatic heterocycles. The quantitative estimate of drug-likeness (QED) is 0.743. The van der Waals surface area contributed by atoms with Gasteiger partial charge in [0.15, 0.2) is 0 Å². The first-order valence-corrected chi connectivity index (χ1v) is 9.19. The summed E-state index contributed by atoms with van der Waals surface area (Å²) in [6.07, 6.45) is 0.871. The van der Waals surface area contributed by atoms with Crippen molar-refractivity contribution in [3.05, 3.63) is 29.8 Å². The van der Waals surface area contributed by atoms with Crippen LogP contribution in [0.4, 0.5) is 5.69 Å². The van der Waals surface area contributed by atoms with E-state index in [0.717, 1.165) is 19.5 Å². The summed E-state index contributed by atoms with van der Waals surface area (Å²) in [5.74, 6) is 0.0687. The second kappa shape index (κ2) is 8.52. The highest BCUT2D eigenvalue weighted by Gasteiger charge is 2.24. The SMILES string of the molecule is CCS(=O)(=O)Nc1ccccc1C(=O)NC1CCNCC1C.Cl. The molecule has 0 aromatic heterocycles. The van der Waals surface area contributed by atoms with E-state index < -0.39 is 10.0 Å². The van der Waals surface area contributed by atoms with Gasteiger partial charge in [0, 0.05) is 6.04 Å². The molecule has 8 heteroatoms. The van der Waals surface area contributed by atoms with E-state index in [4.69, 9.17) is 0 Å². The first kappa shape index (κ1) is 19.7. The molecule has 1 heterocycles. The van der Waals surface area contributed by atoms with Crippen molar-refractivity contribution in [2.45, 2.75) is 26.3 Å². The van der Waals surface area contributed by atoms with Gasteiger partial charge in [0.25, 0.3) is 5.91 Å². The van der Waals surface area contributed by atoms with Crippen molar-refractivity contribution in [3.63, 3.8) is 0 Å². The van der Waals surface area contributed by atoms with Gasteiger partial charge in [-0.25, -0.2) is 8.42 Å². The standard InChI is InChI=1S/C15H23N3O3S.ClH/c1-3-22(20,21)18-14-7-5-4-6-12(14)15(19)17-13-8-9-16-10-11(13)2;/h4-7,11,13,16,18H,3,8-10H2,1-2H3,(H,17,19);1H. The van der Waals surface area contributed by atoms with Crippen LogP contribution in [0.3, 0.4) is 0 Å². The first-order valence-electron chi connectivity index (χ1n) is 7.54. The van der Waals surface area contributed by atoms with E-state index in [-0.39, 0.29) is 30.1 Å². The number of hydrogen-bond acceptors (Lipinski definition) is 4. The maximum absolute atomic E-state index is 12.5. The summed E-state index contributed by atoms with van der Waals surface area (Å²) in [5.41, 5.74) is 0.675. The number of amides is 1. The third-order valence-electron chi connectivity index (χ3n) is 3.92. The van der Waals surface area contributed by atoms with Gasteiger partial charge >= 0.3 is 0 Å². The number of para-hydroxylation sites is 1. The van der Waals surface area contributed by atoms with Crippen molar-refractivity contribution in [1.29, 1.82) is 0 Å². The largest absolute Gasteiger partial charge is 0.349 e. The fourth-order valence-corrected chi connectivity index (χ4v) is 3.14. The molecule has 130 valence electrons. The van der Waals surface area contributed by atoms with E-state index in [1.54, 1.807) is 31.2 Å². The molecule has 1 aromatic carbocycles. The molecule has 1 fully saturated rings. The molecule has 2 rings (SSSR count). The van der Waals surface area contributed by atoms with Crippen LogP contribution in [0.25, 0.3) is 0 Å². The van der Waals surface area contributed by atoms with Gasteiger partial charge in [0.1, 0.15) is 0 Å². The van der Waals surface area contributed by atoms with Gasteiger partial charge in [-0.1, -0.05) is 19.1 Å². The van der Waals surface area contributed by atoms with E-state index >= 15 is 0 Å². The Bertz CT molecular complexity index is 637. The van der Waals surface area contributed by atoms with Gasteiger partial charge in [-0.2, -0.15) is 0 Å². The molecule has 1 aromatic rings. The number of piperidine rings is 1. The molecule has 0 spiro atoms. The van der Waals surface area contributed by atoms with Crippen LogP contribution >= 0.6 is 12.4 Å². The lowest BCUT2D eigenvalue weighted by molar-refractivity contribution is 0.0915. The summed E-state index contributed by atoms with van der Waals surface area (Å²) in [5, 5.41) is 6.30. The molecule has 0 bridgehead atoms. The van der Waals surface area contributed by atoms with Crippen molar-refractivity contribution < 1.29 is 13.2 Å². The molecular formula is C15H24ClN3O3S. The molecule has 3 N–H and O–H groups in total. The summed E-state index contributed by atoms with van der Waals surface area (Å²) in [6, 6.07) is 6.77. The lowest BCUT2D eigenvalue weighted by Crippen LogP contribution is -2.48. The lowest BCUT2D eigenvalue weighted by Gasteiger charge is -2.30. The molecule has 1 saturated heterocycles. The van der Waals surface area contributed by atoms with Crippen molar-refractivity contribution in [1.82, 2.24) is 10.6 Å². The minimum absolute atomic E-state index is 0. The number of halogens is 1. The molecule has 2 unspecified atom stereocenters. The van der Waals surface area contributed by atoms with Crippen molar-refractivity contribution in [3.8, 4) is 0 Å². The summed E-state index contributed by atoms with van der Waals surface area (Å²) in [4.78, 5) is 12.5. The van der Waals surface area contributed by atoms with Crippen molar-refractivity contribution in [2.24, 2.45) is 5.92 Å². The smallest absolute Gasteiger partial charge is 0.253 e. The lowest BCUT2D eigenvalue weighted by atomic mass is 9.95. The number of carbonyl (C=O) groups excluding carboxylic acids is 1. The third kappa shape index (κ3) is 5.37. The average Bonchev–Trinajstić information content (AvgIpc) is 2.50. The van der Waals surface area contributed by atoms with Gasteiger partial charge in [-0.3, -0.25) is 9.52 Å². The summed E-state index contributed by atoms with van der Waals surface area (Å²) >= 11 is 0. The Hall–Kier alpha value is -1.31. The van der Waals surface area contributed by atoms with Crippen LogP contribution in [0, 0.1) is 5.92 Å². The van der Waals surface area contributed by atoms with E-state index in [1.807, 2.05) is 0 Å². The van der Waals surface area contributed by atoms with E-state index in [2.05, 4.69) is 22.3 Å². The van der Waals surface area contributed by atoms with Gasteiger partial charge < -0.3 is 10.6 Å². The molecular weight excluding hydrogens is 338 g/mol. The number of benzene rings is 1. The topological polar surface area (TPSA) is 87.3 Å². The highest BCUT2D eigenvalue weighted by molar-refractivity contribution is 7.92. The average molecular weight is 362 g/mol. The number of nitrogens with one attached hydrogen (secondary N) is 3. The van der Waals surface area contributed by atoms with Crippen LogP contribution in [0.15, 0.2) is 24.3 Å². The molecule has 23 heavy (non-hydrogen) atoms. The predicted molar refractivity (Wildman–Crippen MR) is 94.7 cm³/mol. The monoisotopic (exact) mass is 361 g/mol. The number of rotatable bonds is 5. The Morgan fingerprint density at radius 1 is 1.35 bits per heavy atom. The number of carbonyl (C=O) groups is 1. The Kier molecular flexibility index (Phi) is 7.31. The fraction of sp³-hybridized carbons (Fsp3) is 0.533. The Balaban J connectivity index is 0.00000264. The highest BCUT2D eigenvalue weighted by Crippen LogP contribution is 2.18. The van der Waals surface area contributed by atoms with E-state index in [1.165, 1.54) is 0 Å². The minimum Gasteiger partial charge on any atom is -0.349 e. The van der Waals surface area contributed by atoms with Crippen LogP contribution < -0.4 is 15.4 Å². The van der Waals surface area contributed by atoms with Gasteiger partial charge in [0.2, 0.25) is 10.0 Å². The summed E-state index contributed by atoms with van der Waals surface area (Å²) < 4.78 is 25.9. The second-order valence-electron chi connectivity index (χ2n) is 5.60. The van der Waals surface area contributed by atoms with Crippen LogP contribution in [-0.2, 0) is 10.0 Å². The molecule has 6 nitrogen and oxygen atoms in total. The highest BCUT2D eigenvalue weighted by atomic mass is 35.5. The maximum atomic E-state index is 12.5. The van der Waals surface area contributed by atoms with Gasteiger partial charge in [-0.05, 0) is 44.5 Å². The summed E-state index contributed by atoms with van der Waals surface area (Å²) in [6.45, 7) is 5.39. The Labute approximate surface area is 143 Å². The number of sulfonamides is 1. The van der Waals surface area contributed by atoms with Crippen LogP contribution in [0.2, 0.25) is 0 Å². The van der Waals surface area contributed by atoms with Crippen molar-refractivity contribution >= 4 is 34.0 Å².